The van der Waals surface area contributed by atoms with E-state index in [2.05, 4.69) is 15.9 Å². The van der Waals surface area contributed by atoms with Gasteiger partial charge in [-0.05, 0) is 56.2 Å². The Morgan fingerprint density at radius 2 is 1.86 bits per heavy atom. The summed E-state index contributed by atoms with van der Waals surface area (Å²) in [6, 6.07) is 11.6. The molecule has 1 aromatic carbocycles. The van der Waals surface area contributed by atoms with Crippen LogP contribution in [-0.2, 0) is 4.79 Å². The van der Waals surface area contributed by atoms with Crippen LogP contribution in [0.3, 0.4) is 0 Å². The van der Waals surface area contributed by atoms with Crippen molar-refractivity contribution in [2.75, 3.05) is 36.0 Å². The maximum atomic E-state index is 13.8. The second kappa shape index (κ2) is 10.5. The van der Waals surface area contributed by atoms with Crippen LogP contribution in [0.2, 0.25) is 5.02 Å². The molecular formula is C27H28ClN5O2S2. The number of hydrogen-bond acceptors (Lipinski definition) is 7. The molecule has 2 aliphatic heterocycles. The SMILES string of the molecule is CCC(C)N1C(=O)/C(=C/c2c(N3CCN(c4cccc(Cl)c4)CC3)nc3ccc(C)cn3c2=O)SC1=S. The molecule has 10 heteroatoms. The van der Waals surface area contributed by atoms with E-state index >= 15 is 0 Å². The lowest BCUT2D eigenvalue weighted by Crippen LogP contribution is -2.47. The molecule has 2 aliphatic rings. The Morgan fingerprint density at radius 3 is 2.57 bits per heavy atom. The van der Waals surface area contributed by atoms with Crippen LogP contribution < -0.4 is 15.4 Å². The lowest BCUT2D eigenvalue weighted by Gasteiger charge is -2.37. The zero-order valence-electron chi connectivity index (χ0n) is 21.0. The molecule has 0 aliphatic carbocycles. The van der Waals surface area contributed by atoms with Gasteiger partial charge in [-0.1, -0.05) is 54.6 Å². The van der Waals surface area contributed by atoms with Gasteiger partial charge >= 0.3 is 0 Å². The molecule has 0 saturated carbocycles. The van der Waals surface area contributed by atoms with Gasteiger partial charge in [-0.15, -0.1) is 0 Å². The molecule has 1 atom stereocenters. The Morgan fingerprint density at radius 1 is 1.14 bits per heavy atom. The van der Waals surface area contributed by atoms with Crippen LogP contribution in [0.5, 0.6) is 0 Å². The van der Waals surface area contributed by atoms with Gasteiger partial charge in [0.15, 0.2) is 0 Å². The summed E-state index contributed by atoms with van der Waals surface area (Å²) in [6.07, 6.45) is 4.26. The molecule has 0 N–H and O–H groups in total. The highest BCUT2D eigenvalue weighted by molar-refractivity contribution is 8.26. The first-order chi connectivity index (χ1) is 17.8. The van der Waals surface area contributed by atoms with E-state index in [4.69, 9.17) is 28.8 Å². The van der Waals surface area contributed by atoms with Gasteiger partial charge < -0.3 is 9.80 Å². The van der Waals surface area contributed by atoms with Crippen LogP contribution in [-0.4, -0.2) is 56.7 Å². The van der Waals surface area contributed by atoms with Gasteiger partial charge in [0, 0.05) is 49.1 Å². The number of carbonyl (C=O) groups excluding carboxylic acids is 1. The van der Waals surface area contributed by atoms with Gasteiger partial charge in [0.25, 0.3) is 11.5 Å². The summed E-state index contributed by atoms with van der Waals surface area (Å²) in [6.45, 7) is 8.80. The van der Waals surface area contributed by atoms with E-state index in [0.717, 1.165) is 30.8 Å². The average molecular weight is 554 g/mol. The first-order valence-electron chi connectivity index (χ1n) is 12.3. The largest absolute Gasteiger partial charge is 0.368 e. The monoisotopic (exact) mass is 553 g/mol. The predicted octanol–water partition coefficient (Wildman–Crippen LogP) is 4.98. The fourth-order valence-electron chi connectivity index (χ4n) is 4.64. The molecule has 3 aromatic rings. The van der Waals surface area contributed by atoms with Gasteiger partial charge in [-0.25, -0.2) is 4.98 Å². The molecule has 2 saturated heterocycles. The van der Waals surface area contributed by atoms with E-state index < -0.39 is 0 Å². The minimum absolute atomic E-state index is 0.00378. The average Bonchev–Trinajstić information content (AvgIpc) is 3.18. The van der Waals surface area contributed by atoms with Crippen molar-refractivity contribution in [2.24, 2.45) is 0 Å². The summed E-state index contributed by atoms with van der Waals surface area (Å²) in [4.78, 5) is 38.4. The van der Waals surface area contributed by atoms with Crippen LogP contribution in [0, 0.1) is 6.92 Å². The highest BCUT2D eigenvalue weighted by atomic mass is 35.5. The maximum absolute atomic E-state index is 13.8. The molecular weight excluding hydrogens is 526 g/mol. The molecule has 2 fully saturated rings. The molecule has 2 aromatic heterocycles. The van der Waals surface area contributed by atoms with E-state index in [1.54, 1.807) is 21.6 Å². The predicted molar refractivity (Wildman–Crippen MR) is 157 cm³/mol. The highest BCUT2D eigenvalue weighted by Crippen LogP contribution is 2.35. The molecule has 4 heterocycles. The van der Waals surface area contributed by atoms with Gasteiger partial charge in [0.2, 0.25) is 0 Å². The lowest BCUT2D eigenvalue weighted by molar-refractivity contribution is -0.123. The molecule has 192 valence electrons. The number of halogens is 1. The number of rotatable bonds is 5. The fourth-order valence-corrected chi connectivity index (χ4v) is 6.27. The van der Waals surface area contributed by atoms with Crippen molar-refractivity contribution in [3.05, 3.63) is 74.0 Å². The van der Waals surface area contributed by atoms with E-state index in [-0.39, 0.29) is 17.5 Å². The topological polar surface area (TPSA) is 61.2 Å². The fraction of sp³-hybridized carbons (Fsp3) is 0.333. The number of aromatic nitrogens is 2. The number of amides is 1. The van der Waals surface area contributed by atoms with Crippen LogP contribution in [0.1, 0.15) is 31.4 Å². The number of thioether (sulfide) groups is 1. The van der Waals surface area contributed by atoms with Crippen LogP contribution >= 0.6 is 35.6 Å². The second-order valence-electron chi connectivity index (χ2n) is 9.35. The normalized spacial score (nSPS) is 18.4. The quantitative estimate of drug-likeness (QED) is 0.326. The van der Waals surface area contributed by atoms with Crippen molar-refractivity contribution >= 4 is 69.0 Å². The lowest BCUT2D eigenvalue weighted by atomic mass is 10.2. The zero-order chi connectivity index (χ0) is 26.3. The molecule has 0 bridgehead atoms. The summed E-state index contributed by atoms with van der Waals surface area (Å²) in [5, 5.41) is 0.705. The summed E-state index contributed by atoms with van der Waals surface area (Å²) in [7, 11) is 0. The smallest absolute Gasteiger partial charge is 0.267 e. The van der Waals surface area contributed by atoms with Gasteiger partial charge in [0.05, 0.1) is 10.5 Å². The van der Waals surface area contributed by atoms with Crippen LogP contribution in [0.15, 0.2) is 52.3 Å². The summed E-state index contributed by atoms with van der Waals surface area (Å²) in [5.74, 6) is 0.434. The third-order valence-electron chi connectivity index (χ3n) is 6.87. The molecule has 1 unspecified atom stereocenters. The third-order valence-corrected chi connectivity index (χ3v) is 8.43. The molecule has 0 radical (unpaired) electrons. The Kier molecular flexibility index (Phi) is 7.29. The standard InChI is InChI=1S/C27H28ClN5O2S2/c1-4-18(3)33-26(35)22(37-27(33)36)15-21-24(29-23-9-8-17(2)16-32(23)25(21)34)31-12-10-30(11-13-31)20-7-5-6-19(28)14-20/h5-9,14-16,18H,4,10-13H2,1-3H3/b22-15-. The molecule has 7 nitrogen and oxygen atoms in total. The number of piperazine rings is 1. The summed E-state index contributed by atoms with van der Waals surface area (Å²) in [5.41, 5.74) is 2.81. The Labute approximate surface area is 230 Å². The van der Waals surface area contributed by atoms with Crippen molar-refractivity contribution in [3.8, 4) is 0 Å². The van der Waals surface area contributed by atoms with Crippen molar-refractivity contribution in [1.29, 1.82) is 0 Å². The Bertz CT molecular complexity index is 1480. The first kappa shape index (κ1) is 25.8. The van der Waals surface area contributed by atoms with Crippen molar-refractivity contribution in [1.82, 2.24) is 14.3 Å². The number of aryl methyl sites for hydroxylation is 1. The Balaban J connectivity index is 1.54. The minimum atomic E-state index is -0.199. The minimum Gasteiger partial charge on any atom is -0.368 e. The highest BCUT2D eigenvalue weighted by Gasteiger charge is 2.35. The number of hydrogen-bond donors (Lipinski definition) is 0. The molecule has 37 heavy (non-hydrogen) atoms. The second-order valence-corrected chi connectivity index (χ2v) is 11.5. The third kappa shape index (κ3) is 5.00. The Hall–Kier alpha value is -2.88. The summed E-state index contributed by atoms with van der Waals surface area (Å²) >= 11 is 13.0. The van der Waals surface area contributed by atoms with Crippen molar-refractivity contribution in [2.45, 2.75) is 33.2 Å². The molecule has 5 rings (SSSR count). The molecule has 1 amide bonds. The number of thiocarbonyl (C=S) groups is 1. The summed E-state index contributed by atoms with van der Waals surface area (Å²) < 4.78 is 2.08. The molecule has 0 spiro atoms. The van der Waals surface area contributed by atoms with Crippen LogP contribution in [0.4, 0.5) is 11.5 Å². The number of anilines is 2. The van der Waals surface area contributed by atoms with E-state index in [1.807, 2.05) is 51.1 Å². The number of benzene rings is 1. The van der Waals surface area contributed by atoms with Crippen molar-refractivity contribution in [3.63, 3.8) is 0 Å². The van der Waals surface area contributed by atoms with E-state index in [1.165, 1.54) is 11.8 Å². The van der Waals surface area contributed by atoms with E-state index in [0.29, 0.717) is 44.4 Å². The van der Waals surface area contributed by atoms with Gasteiger partial charge in [-0.3, -0.25) is 18.9 Å². The van der Waals surface area contributed by atoms with Crippen molar-refractivity contribution < 1.29 is 4.79 Å². The zero-order valence-corrected chi connectivity index (χ0v) is 23.4. The first-order valence-corrected chi connectivity index (χ1v) is 13.9. The number of fused-ring (bicyclic) bond motifs is 1. The van der Waals surface area contributed by atoms with Crippen LogP contribution in [0.25, 0.3) is 11.7 Å². The number of pyridine rings is 1. The number of carbonyl (C=O) groups is 1. The van der Waals surface area contributed by atoms with Gasteiger partial charge in [-0.2, -0.15) is 0 Å². The van der Waals surface area contributed by atoms with Gasteiger partial charge in [0.1, 0.15) is 15.8 Å². The maximum Gasteiger partial charge on any atom is 0.267 e. The van der Waals surface area contributed by atoms with E-state index in [9.17, 15) is 9.59 Å². The number of nitrogens with zero attached hydrogens (tertiary/aromatic N) is 5.